The average molecular weight is 290 g/mol. The van der Waals surface area contributed by atoms with Gasteiger partial charge in [-0.3, -0.25) is 9.82 Å². The summed E-state index contributed by atoms with van der Waals surface area (Å²) in [6.07, 6.45) is 2.93. The minimum atomic E-state index is -3.74. The number of H-pyrrole nitrogens is 1. The maximum atomic E-state index is 12.0. The van der Waals surface area contributed by atoms with Crippen LogP contribution in [0.5, 0.6) is 0 Å². The molecule has 18 heavy (non-hydrogen) atoms. The van der Waals surface area contributed by atoms with Gasteiger partial charge >= 0.3 is 0 Å². The zero-order valence-corrected chi connectivity index (χ0v) is 11.3. The highest BCUT2D eigenvalue weighted by molar-refractivity contribution is 7.92. The van der Waals surface area contributed by atoms with Crippen LogP contribution in [0.25, 0.3) is 0 Å². The first kappa shape index (κ1) is 12.9. The molecule has 2 heterocycles. The number of aromatic amines is 1. The van der Waals surface area contributed by atoms with E-state index in [4.69, 9.17) is 11.6 Å². The maximum Gasteiger partial charge on any atom is 0.282 e. The van der Waals surface area contributed by atoms with Gasteiger partial charge in [-0.25, -0.2) is 4.98 Å². The van der Waals surface area contributed by atoms with Gasteiger partial charge in [-0.2, -0.15) is 13.5 Å². The molecule has 0 saturated heterocycles. The fourth-order valence-electron chi connectivity index (χ4n) is 1.28. The van der Waals surface area contributed by atoms with Gasteiger partial charge in [0.25, 0.3) is 10.0 Å². The number of rotatable bonds is 4. The van der Waals surface area contributed by atoms with Crippen molar-refractivity contribution in [1.29, 1.82) is 0 Å². The Morgan fingerprint density at radius 3 is 2.72 bits per heavy atom. The SMILES string of the molecule is CC(C)n1cnc(S(=O)(=O)Nc2cc(Cl)[nH]n2)c1. The van der Waals surface area contributed by atoms with Gasteiger partial charge in [0.05, 0.1) is 6.33 Å². The second kappa shape index (κ2) is 4.62. The van der Waals surface area contributed by atoms with Gasteiger partial charge < -0.3 is 4.57 Å². The Morgan fingerprint density at radius 1 is 1.50 bits per heavy atom. The van der Waals surface area contributed by atoms with Crippen LogP contribution in [-0.4, -0.2) is 28.2 Å². The third-order valence-corrected chi connectivity index (χ3v) is 3.67. The Balaban J connectivity index is 2.25. The highest BCUT2D eigenvalue weighted by Gasteiger charge is 2.19. The lowest BCUT2D eigenvalue weighted by atomic mass is 10.4. The first-order valence-corrected chi connectivity index (χ1v) is 7.02. The molecule has 0 saturated carbocycles. The van der Waals surface area contributed by atoms with Crippen molar-refractivity contribution >= 4 is 27.4 Å². The third kappa shape index (κ3) is 2.65. The summed E-state index contributed by atoms with van der Waals surface area (Å²) in [5, 5.41) is 6.31. The summed E-state index contributed by atoms with van der Waals surface area (Å²) in [4.78, 5) is 3.85. The van der Waals surface area contributed by atoms with E-state index < -0.39 is 10.0 Å². The molecule has 0 unspecified atom stereocenters. The van der Waals surface area contributed by atoms with Crippen LogP contribution in [0.2, 0.25) is 5.15 Å². The Kier molecular flexibility index (Phi) is 3.31. The Bertz CT molecular complexity index is 645. The van der Waals surface area contributed by atoms with E-state index in [9.17, 15) is 8.42 Å². The highest BCUT2D eigenvalue weighted by atomic mass is 35.5. The molecular weight excluding hydrogens is 278 g/mol. The molecule has 98 valence electrons. The standard InChI is InChI=1S/C9H12ClN5O2S/c1-6(2)15-4-9(11-5-15)18(16,17)14-8-3-7(10)12-13-8/h3-6H,1-2H3,(H2,12,13,14). The lowest BCUT2D eigenvalue weighted by Gasteiger charge is -2.04. The van der Waals surface area contributed by atoms with E-state index in [0.29, 0.717) is 0 Å². The van der Waals surface area contributed by atoms with Crippen molar-refractivity contribution in [3.63, 3.8) is 0 Å². The average Bonchev–Trinajstić information content (AvgIpc) is 2.86. The third-order valence-electron chi connectivity index (χ3n) is 2.23. The number of aromatic nitrogens is 4. The van der Waals surface area contributed by atoms with E-state index in [-0.39, 0.29) is 22.0 Å². The molecule has 0 aromatic carbocycles. The molecule has 2 rings (SSSR count). The summed E-state index contributed by atoms with van der Waals surface area (Å²) in [6.45, 7) is 3.86. The summed E-state index contributed by atoms with van der Waals surface area (Å²) in [5.41, 5.74) is 0. The van der Waals surface area contributed by atoms with Gasteiger partial charge in [-0.05, 0) is 13.8 Å². The molecule has 0 aliphatic heterocycles. The molecule has 7 nitrogen and oxygen atoms in total. The number of hydrogen-bond donors (Lipinski definition) is 2. The van der Waals surface area contributed by atoms with Gasteiger partial charge in [0.1, 0.15) is 5.15 Å². The number of sulfonamides is 1. The van der Waals surface area contributed by atoms with Crippen LogP contribution < -0.4 is 4.72 Å². The molecule has 0 radical (unpaired) electrons. The normalized spacial score (nSPS) is 12.0. The van der Waals surface area contributed by atoms with Crippen LogP contribution in [-0.2, 0) is 10.0 Å². The van der Waals surface area contributed by atoms with E-state index in [1.54, 1.807) is 4.57 Å². The minimum Gasteiger partial charge on any atom is -0.334 e. The molecule has 0 bridgehead atoms. The van der Waals surface area contributed by atoms with Gasteiger partial charge in [-0.15, -0.1) is 0 Å². The second-order valence-electron chi connectivity index (χ2n) is 3.96. The minimum absolute atomic E-state index is 0.0599. The van der Waals surface area contributed by atoms with Gasteiger partial charge in [0.15, 0.2) is 10.8 Å². The van der Waals surface area contributed by atoms with Crippen LogP contribution >= 0.6 is 11.6 Å². The zero-order valence-electron chi connectivity index (χ0n) is 9.75. The molecule has 0 spiro atoms. The fraction of sp³-hybridized carbons (Fsp3) is 0.333. The fourth-order valence-corrected chi connectivity index (χ4v) is 2.36. The van der Waals surface area contributed by atoms with Gasteiger partial charge in [0.2, 0.25) is 0 Å². The quantitative estimate of drug-likeness (QED) is 0.895. The molecule has 0 aliphatic carbocycles. The van der Waals surface area contributed by atoms with Crippen molar-refractivity contribution in [2.24, 2.45) is 0 Å². The first-order chi connectivity index (χ1) is 8.38. The number of nitrogens with one attached hydrogen (secondary N) is 2. The molecule has 0 fully saturated rings. The van der Waals surface area contributed by atoms with Crippen LogP contribution in [0.4, 0.5) is 5.82 Å². The van der Waals surface area contributed by atoms with Crippen molar-refractivity contribution in [2.45, 2.75) is 24.9 Å². The van der Waals surface area contributed by atoms with E-state index in [2.05, 4.69) is 19.9 Å². The van der Waals surface area contributed by atoms with Gasteiger partial charge in [-0.1, -0.05) is 11.6 Å². The molecule has 2 aromatic heterocycles. The molecular formula is C9H12ClN5O2S. The van der Waals surface area contributed by atoms with E-state index in [1.807, 2.05) is 13.8 Å². The number of hydrogen-bond acceptors (Lipinski definition) is 4. The molecule has 0 atom stereocenters. The summed E-state index contributed by atoms with van der Waals surface area (Å²) < 4.78 is 27.9. The lowest BCUT2D eigenvalue weighted by Crippen LogP contribution is -2.13. The Labute approximate surface area is 109 Å². The molecule has 9 heteroatoms. The van der Waals surface area contributed by atoms with Crippen molar-refractivity contribution in [3.05, 3.63) is 23.7 Å². The summed E-state index contributed by atoms with van der Waals surface area (Å²) in [5.74, 6) is 0.124. The Hall–Kier alpha value is -1.54. The number of imidazole rings is 1. The lowest BCUT2D eigenvalue weighted by molar-refractivity contribution is 0.591. The van der Waals surface area contributed by atoms with Crippen molar-refractivity contribution in [2.75, 3.05) is 4.72 Å². The number of halogens is 1. The van der Waals surface area contributed by atoms with E-state index in [0.717, 1.165) is 0 Å². The monoisotopic (exact) mass is 289 g/mol. The summed E-state index contributed by atoms with van der Waals surface area (Å²) in [6, 6.07) is 1.51. The van der Waals surface area contributed by atoms with Crippen molar-refractivity contribution in [3.8, 4) is 0 Å². The highest BCUT2D eigenvalue weighted by Crippen LogP contribution is 2.16. The largest absolute Gasteiger partial charge is 0.334 e. The zero-order chi connectivity index (χ0) is 13.3. The summed E-state index contributed by atoms with van der Waals surface area (Å²) in [7, 11) is -3.74. The predicted molar refractivity (Wildman–Crippen MR) is 67.0 cm³/mol. The smallest absolute Gasteiger partial charge is 0.282 e. The summed E-state index contributed by atoms with van der Waals surface area (Å²) >= 11 is 5.61. The van der Waals surface area contributed by atoms with Crippen molar-refractivity contribution in [1.82, 2.24) is 19.7 Å². The van der Waals surface area contributed by atoms with Crippen LogP contribution in [0.15, 0.2) is 23.6 Å². The van der Waals surface area contributed by atoms with Crippen LogP contribution in [0.1, 0.15) is 19.9 Å². The Morgan fingerprint density at radius 2 is 2.22 bits per heavy atom. The maximum absolute atomic E-state index is 12.0. The van der Waals surface area contributed by atoms with Gasteiger partial charge in [0, 0.05) is 18.3 Å². The molecule has 0 aliphatic rings. The number of nitrogens with zero attached hydrogens (tertiary/aromatic N) is 3. The van der Waals surface area contributed by atoms with E-state index in [1.165, 1.54) is 18.6 Å². The topological polar surface area (TPSA) is 92.7 Å². The van der Waals surface area contributed by atoms with Crippen LogP contribution in [0.3, 0.4) is 0 Å². The molecule has 2 aromatic rings. The predicted octanol–water partition coefficient (Wildman–Crippen LogP) is 1.64. The first-order valence-electron chi connectivity index (χ1n) is 5.15. The second-order valence-corrected chi connectivity index (χ2v) is 6.00. The van der Waals surface area contributed by atoms with Crippen LogP contribution in [0, 0.1) is 0 Å². The van der Waals surface area contributed by atoms with Crippen molar-refractivity contribution < 1.29 is 8.42 Å². The van der Waals surface area contributed by atoms with E-state index >= 15 is 0 Å². The number of anilines is 1. The molecule has 2 N–H and O–H groups in total. The molecule has 0 amide bonds.